The average molecular weight is 399 g/mol. The SMILES string of the molecule is CNCc1cc(S(=O)(=O)NC2CCCC2SC)c(Br)s1. The molecule has 1 fully saturated rings. The highest BCUT2D eigenvalue weighted by Gasteiger charge is 2.32. The van der Waals surface area contributed by atoms with E-state index in [1.165, 1.54) is 11.3 Å². The number of thiophene rings is 1. The maximum absolute atomic E-state index is 12.5. The summed E-state index contributed by atoms with van der Waals surface area (Å²) >= 11 is 6.58. The lowest BCUT2D eigenvalue weighted by Gasteiger charge is -2.18. The minimum atomic E-state index is -3.44. The number of thioether (sulfide) groups is 1. The molecule has 0 aliphatic heterocycles. The predicted molar refractivity (Wildman–Crippen MR) is 90.0 cm³/mol. The quantitative estimate of drug-likeness (QED) is 0.773. The van der Waals surface area contributed by atoms with E-state index in [1.54, 1.807) is 17.8 Å². The minimum absolute atomic E-state index is 0.0505. The topological polar surface area (TPSA) is 58.2 Å². The molecule has 1 saturated carbocycles. The maximum atomic E-state index is 12.5. The van der Waals surface area contributed by atoms with Crippen molar-refractivity contribution in [2.24, 2.45) is 0 Å². The van der Waals surface area contributed by atoms with E-state index < -0.39 is 10.0 Å². The van der Waals surface area contributed by atoms with Gasteiger partial charge in [0.05, 0.1) is 3.79 Å². The maximum Gasteiger partial charge on any atom is 0.242 e. The number of hydrogen-bond acceptors (Lipinski definition) is 5. The van der Waals surface area contributed by atoms with Crippen molar-refractivity contribution in [3.63, 3.8) is 0 Å². The van der Waals surface area contributed by atoms with Crippen LogP contribution in [0.25, 0.3) is 0 Å². The summed E-state index contributed by atoms with van der Waals surface area (Å²) in [6.45, 7) is 0.676. The second-order valence-corrected chi connectivity index (χ2v) is 10.0. The lowest BCUT2D eigenvalue weighted by Crippen LogP contribution is -2.38. The normalized spacial score (nSPS) is 23.4. The number of halogens is 1. The van der Waals surface area contributed by atoms with Crippen LogP contribution in [0.2, 0.25) is 0 Å². The van der Waals surface area contributed by atoms with Crippen LogP contribution in [-0.2, 0) is 16.6 Å². The van der Waals surface area contributed by atoms with Crippen LogP contribution in [0.5, 0.6) is 0 Å². The van der Waals surface area contributed by atoms with Crippen molar-refractivity contribution in [1.29, 1.82) is 0 Å². The third kappa shape index (κ3) is 3.78. The Morgan fingerprint density at radius 1 is 1.50 bits per heavy atom. The summed E-state index contributed by atoms with van der Waals surface area (Å²) in [4.78, 5) is 1.37. The van der Waals surface area contributed by atoms with E-state index in [0.29, 0.717) is 20.5 Å². The van der Waals surface area contributed by atoms with Gasteiger partial charge in [-0.1, -0.05) is 6.42 Å². The average Bonchev–Trinajstić information content (AvgIpc) is 2.96. The second kappa shape index (κ2) is 7.11. The van der Waals surface area contributed by atoms with Crippen LogP contribution >= 0.6 is 39.0 Å². The number of rotatable bonds is 6. The summed E-state index contributed by atoms with van der Waals surface area (Å²) in [5.74, 6) is 0. The summed E-state index contributed by atoms with van der Waals surface area (Å²) < 4.78 is 28.6. The zero-order valence-electron chi connectivity index (χ0n) is 11.5. The molecule has 0 bridgehead atoms. The molecule has 114 valence electrons. The van der Waals surface area contributed by atoms with Gasteiger partial charge in [0.25, 0.3) is 0 Å². The standard InChI is InChI=1S/C12H19BrN2O2S3/c1-14-7-8-6-11(12(13)19-8)20(16,17)15-9-4-3-5-10(9)18-2/h6,9-10,14-15H,3-5,7H2,1-2H3. The van der Waals surface area contributed by atoms with Crippen LogP contribution in [0.4, 0.5) is 0 Å². The Kier molecular flexibility index (Phi) is 5.96. The van der Waals surface area contributed by atoms with Crippen LogP contribution in [-0.4, -0.2) is 33.0 Å². The van der Waals surface area contributed by atoms with E-state index in [4.69, 9.17) is 0 Å². The zero-order valence-corrected chi connectivity index (χ0v) is 15.5. The highest BCUT2D eigenvalue weighted by molar-refractivity contribution is 9.11. The fraction of sp³-hybridized carbons (Fsp3) is 0.667. The van der Waals surface area contributed by atoms with Crippen LogP contribution < -0.4 is 10.0 Å². The molecule has 0 saturated heterocycles. The molecule has 0 aromatic carbocycles. The summed E-state index contributed by atoms with van der Waals surface area (Å²) in [5, 5.41) is 3.42. The lowest BCUT2D eigenvalue weighted by molar-refractivity contribution is 0.555. The summed E-state index contributed by atoms with van der Waals surface area (Å²) in [5.41, 5.74) is 0. The first-order chi connectivity index (χ1) is 9.47. The molecule has 1 aromatic heterocycles. The van der Waals surface area contributed by atoms with Gasteiger partial charge in [0.15, 0.2) is 0 Å². The highest BCUT2D eigenvalue weighted by atomic mass is 79.9. The van der Waals surface area contributed by atoms with Crippen molar-refractivity contribution in [3.8, 4) is 0 Å². The van der Waals surface area contributed by atoms with Crippen molar-refractivity contribution >= 4 is 49.1 Å². The summed E-state index contributed by atoms with van der Waals surface area (Å²) in [7, 11) is -1.59. The Balaban J connectivity index is 2.17. The Labute approximate surface area is 137 Å². The zero-order chi connectivity index (χ0) is 14.8. The van der Waals surface area contributed by atoms with Crippen molar-refractivity contribution in [2.75, 3.05) is 13.3 Å². The van der Waals surface area contributed by atoms with Crippen LogP contribution in [0, 0.1) is 0 Å². The smallest absolute Gasteiger partial charge is 0.242 e. The molecule has 2 unspecified atom stereocenters. The largest absolute Gasteiger partial charge is 0.315 e. The number of sulfonamides is 1. The highest BCUT2D eigenvalue weighted by Crippen LogP contribution is 2.34. The number of hydrogen-bond donors (Lipinski definition) is 2. The van der Waals surface area contributed by atoms with Crippen molar-refractivity contribution in [2.45, 2.75) is 42.0 Å². The van der Waals surface area contributed by atoms with E-state index >= 15 is 0 Å². The third-order valence-corrected chi connectivity index (χ3v) is 8.32. The van der Waals surface area contributed by atoms with E-state index in [2.05, 4.69) is 26.0 Å². The van der Waals surface area contributed by atoms with E-state index in [-0.39, 0.29) is 6.04 Å². The van der Waals surface area contributed by atoms with Gasteiger partial charge in [-0.25, -0.2) is 13.1 Å². The van der Waals surface area contributed by atoms with Crippen molar-refractivity contribution < 1.29 is 8.42 Å². The molecule has 1 aromatic rings. The van der Waals surface area contributed by atoms with Gasteiger partial charge in [-0.2, -0.15) is 11.8 Å². The molecule has 2 rings (SSSR count). The molecule has 2 atom stereocenters. The molecule has 0 spiro atoms. The van der Waals surface area contributed by atoms with Crippen LogP contribution in [0.15, 0.2) is 14.7 Å². The molecule has 8 heteroatoms. The van der Waals surface area contributed by atoms with Gasteiger partial charge in [-0.05, 0) is 48.1 Å². The molecular weight excluding hydrogens is 380 g/mol. The fourth-order valence-electron chi connectivity index (χ4n) is 2.45. The Morgan fingerprint density at radius 3 is 2.90 bits per heavy atom. The molecule has 1 aliphatic rings. The second-order valence-electron chi connectivity index (χ2n) is 4.81. The van der Waals surface area contributed by atoms with E-state index in [9.17, 15) is 8.42 Å². The first-order valence-corrected chi connectivity index (χ1v) is 10.8. The van der Waals surface area contributed by atoms with Crippen molar-refractivity contribution in [1.82, 2.24) is 10.0 Å². The monoisotopic (exact) mass is 398 g/mol. The van der Waals surface area contributed by atoms with E-state index in [1.807, 2.05) is 13.3 Å². The minimum Gasteiger partial charge on any atom is -0.315 e. The molecule has 20 heavy (non-hydrogen) atoms. The predicted octanol–water partition coefficient (Wildman–Crippen LogP) is 2.79. The molecule has 2 N–H and O–H groups in total. The molecule has 0 radical (unpaired) electrons. The number of nitrogens with one attached hydrogen (secondary N) is 2. The Bertz CT molecular complexity index is 559. The third-order valence-electron chi connectivity index (χ3n) is 3.41. The molecule has 1 aliphatic carbocycles. The van der Waals surface area contributed by atoms with Crippen LogP contribution in [0.3, 0.4) is 0 Å². The van der Waals surface area contributed by atoms with Gasteiger partial charge >= 0.3 is 0 Å². The van der Waals surface area contributed by atoms with Crippen LogP contribution in [0.1, 0.15) is 24.1 Å². The van der Waals surface area contributed by atoms with Crippen molar-refractivity contribution in [3.05, 3.63) is 14.7 Å². The van der Waals surface area contributed by atoms with Gasteiger partial charge in [0.1, 0.15) is 4.90 Å². The summed E-state index contributed by atoms with van der Waals surface area (Å²) in [6.07, 6.45) is 5.15. The van der Waals surface area contributed by atoms with E-state index in [0.717, 1.165) is 24.1 Å². The van der Waals surface area contributed by atoms with Gasteiger partial charge in [-0.15, -0.1) is 11.3 Å². The van der Waals surface area contributed by atoms with Gasteiger partial charge in [-0.3, -0.25) is 0 Å². The van der Waals surface area contributed by atoms with Gasteiger partial charge < -0.3 is 5.32 Å². The molecular formula is C12H19BrN2O2S3. The van der Waals surface area contributed by atoms with Gasteiger partial charge in [0, 0.05) is 22.7 Å². The fourth-order valence-corrected chi connectivity index (χ4v) is 7.47. The molecule has 4 nitrogen and oxygen atoms in total. The first kappa shape index (κ1) is 16.8. The molecule has 0 amide bonds. The Morgan fingerprint density at radius 2 is 2.25 bits per heavy atom. The summed E-state index contributed by atoms with van der Waals surface area (Å²) in [6, 6.07) is 1.80. The first-order valence-electron chi connectivity index (χ1n) is 6.46. The molecule has 1 heterocycles. The van der Waals surface area contributed by atoms with Gasteiger partial charge in [0.2, 0.25) is 10.0 Å². The lowest BCUT2D eigenvalue weighted by atomic mass is 10.3. The Hall–Kier alpha value is 0.400.